The highest BCUT2D eigenvalue weighted by Crippen LogP contribution is 2.27. The van der Waals surface area contributed by atoms with E-state index in [0.29, 0.717) is 31.0 Å². The highest BCUT2D eigenvalue weighted by Gasteiger charge is 2.31. The lowest BCUT2D eigenvalue weighted by Crippen LogP contribution is -2.36. The molecular weight excluding hydrogens is 402 g/mol. The molecule has 32 heavy (non-hydrogen) atoms. The number of ether oxygens (including phenoxy) is 1. The third-order valence-corrected chi connectivity index (χ3v) is 5.92. The van der Waals surface area contributed by atoms with Crippen LogP contribution in [0.1, 0.15) is 69.9 Å². The molecule has 0 radical (unpaired) electrons. The number of rotatable bonds is 5. The van der Waals surface area contributed by atoms with Crippen LogP contribution in [0.15, 0.2) is 48.5 Å². The highest BCUT2D eigenvalue weighted by molar-refractivity contribution is 5.95. The van der Waals surface area contributed by atoms with Gasteiger partial charge in [-0.15, -0.1) is 0 Å². The molecule has 0 saturated heterocycles. The van der Waals surface area contributed by atoms with E-state index in [1.807, 2.05) is 60.1 Å². The summed E-state index contributed by atoms with van der Waals surface area (Å²) in [5.74, 6) is -0.0782. The van der Waals surface area contributed by atoms with Crippen molar-refractivity contribution < 1.29 is 14.3 Å². The zero-order valence-electron chi connectivity index (χ0n) is 19.1. The van der Waals surface area contributed by atoms with Gasteiger partial charge in [-0.1, -0.05) is 43.7 Å². The van der Waals surface area contributed by atoms with Gasteiger partial charge in [-0.25, -0.2) is 9.48 Å². The van der Waals surface area contributed by atoms with Crippen LogP contribution >= 0.6 is 0 Å². The number of hydrogen-bond donors (Lipinski definition) is 0. The van der Waals surface area contributed by atoms with Gasteiger partial charge in [0.05, 0.1) is 24.5 Å². The molecule has 2 aromatic carbocycles. The summed E-state index contributed by atoms with van der Waals surface area (Å²) in [6.45, 7) is 9.24. The second kappa shape index (κ2) is 8.99. The van der Waals surface area contributed by atoms with E-state index >= 15 is 0 Å². The minimum Gasteiger partial charge on any atom is -0.461 e. The Morgan fingerprint density at radius 3 is 2.38 bits per heavy atom. The molecule has 6 nitrogen and oxygen atoms in total. The summed E-state index contributed by atoms with van der Waals surface area (Å²) in [6.07, 6.45) is 0.617. The molecule has 0 aliphatic carbocycles. The zero-order valence-corrected chi connectivity index (χ0v) is 19.1. The predicted octanol–water partition coefficient (Wildman–Crippen LogP) is 4.68. The number of esters is 1. The fraction of sp³-hybridized carbons (Fsp3) is 0.346. The lowest BCUT2D eigenvalue weighted by Gasteiger charge is -2.28. The standard InChI is InChI=1S/C26H29N3O3/c1-5-32-26(31)24-22-16-28(25(30)20-10-8-19(9-11-20)17(2)3)15-14-23(22)29(27-24)21-12-6-18(4)7-13-21/h6-13,17H,5,14-16H2,1-4H3. The molecule has 0 atom stereocenters. The maximum Gasteiger partial charge on any atom is 0.359 e. The van der Waals surface area contributed by atoms with E-state index in [0.717, 1.165) is 22.5 Å². The van der Waals surface area contributed by atoms with Gasteiger partial charge < -0.3 is 9.64 Å². The quantitative estimate of drug-likeness (QED) is 0.550. The van der Waals surface area contributed by atoms with Gasteiger partial charge >= 0.3 is 5.97 Å². The van der Waals surface area contributed by atoms with Crippen LogP contribution in [0.25, 0.3) is 5.69 Å². The average Bonchev–Trinajstić information content (AvgIpc) is 3.18. The van der Waals surface area contributed by atoms with Crippen LogP contribution in [-0.2, 0) is 17.7 Å². The fourth-order valence-corrected chi connectivity index (χ4v) is 4.05. The van der Waals surface area contributed by atoms with E-state index in [1.165, 1.54) is 5.56 Å². The van der Waals surface area contributed by atoms with Crippen molar-refractivity contribution in [3.05, 3.63) is 82.2 Å². The van der Waals surface area contributed by atoms with E-state index in [9.17, 15) is 9.59 Å². The Balaban J connectivity index is 1.67. The van der Waals surface area contributed by atoms with Gasteiger partial charge in [0.2, 0.25) is 0 Å². The largest absolute Gasteiger partial charge is 0.461 e. The van der Waals surface area contributed by atoms with Gasteiger partial charge in [0, 0.05) is 24.1 Å². The molecule has 4 rings (SSSR count). The summed E-state index contributed by atoms with van der Waals surface area (Å²) >= 11 is 0. The Labute approximate surface area is 188 Å². The van der Waals surface area contributed by atoms with Crippen molar-refractivity contribution in [2.45, 2.75) is 46.6 Å². The molecule has 1 aliphatic rings. The van der Waals surface area contributed by atoms with E-state index in [1.54, 1.807) is 11.8 Å². The Hall–Kier alpha value is -3.41. The third kappa shape index (κ3) is 4.17. The number of benzene rings is 2. The zero-order chi connectivity index (χ0) is 22.8. The Kier molecular flexibility index (Phi) is 6.12. The molecule has 0 saturated carbocycles. The molecule has 0 fully saturated rings. The monoisotopic (exact) mass is 431 g/mol. The first-order valence-electron chi connectivity index (χ1n) is 11.1. The smallest absolute Gasteiger partial charge is 0.359 e. The van der Waals surface area contributed by atoms with Crippen molar-refractivity contribution in [3.63, 3.8) is 0 Å². The second-order valence-corrected chi connectivity index (χ2v) is 8.50. The average molecular weight is 432 g/mol. The van der Waals surface area contributed by atoms with Crippen LogP contribution < -0.4 is 0 Å². The van der Waals surface area contributed by atoms with Crippen LogP contribution in [-0.4, -0.2) is 39.7 Å². The third-order valence-electron chi connectivity index (χ3n) is 5.92. The lowest BCUT2D eigenvalue weighted by molar-refractivity contribution is 0.0513. The second-order valence-electron chi connectivity index (χ2n) is 8.50. The Morgan fingerprint density at radius 2 is 1.75 bits per heavy atom. The number of aromatic nitrogens is 2. The number of hydrogen-bond acceptors (Lipinski definition) is 4. The van der Waals surface area contributed by atoms with Gasteiger partial charge in [0.15, 0.2) is 5.69 Å². The molecule has 0 unspecified atom stereocenters. The van der Waals surface area contributed by atoms with Crippen molar-refractivity contribution in [1.82, 2.24) is 14.7 Å². The Bertz CT molecular complexity index is 1130. The first-order chi connectivity index (χ1) is 15.4. The first-order valence-corrected chi connectivity index (χ1v) is 11.1. The summed E-state index contributed by atoms with van der Waals surface area (Å²) in [5.41, 5.74) is 5.91. The van der Waals surface area contributed by atoms with Crippen LogP contribution in [0.2, 0.25) is 0 Å². The Morgan fingerprint density at radius 1 is 1.06 bits per heavy atom. The van der Waals surface area contributed by atoms with Gasteiger partial charge in [-0.05, 0) is 49.6 Å². The van der Waals surface area contributed by atoms with Crippen molar-refractivity contribution in [2.24, 2.45) is 0 Å². The summed E-state index contributed by atoms with van der Waals surface area (Å²) in [7, 11) is 0. The highest BCUT2D eigenvalue weighted by atomic mass is 16.5. The molecule has 1 amide bonds. The lowest BCUT2D eigenvalue weighted by atomic mass is 10.0. The SMILES string of the molecule is CCOC(=O)c1nn(-c2ccc(C)cc2)c2c1CN(C(=O)c1ccc(C(C)C)cc1)CC2. The number of carbonyl (C=O) groups is 2. The van der Waals surface area contributed by atoms with Crippen molar-refractivity contribution in [2.75, 3.05) is 13.2 Å². The maximum atomic E-state index is 13.2. The van der Waals surface area contributed by atoms with Crippen LogP contribution in [0, 0.1) is 6.92 Å². The number of amides is 1. The topological polar surface area (TPSA) is 64.4 Å². The number of nitrogens with zero attached hydrogens (tertiary/aromatic N) is 3. The fourth-order valence-electron chi connectivity index (χ4n) is 4.05. The molecular formula is C26H29N3O3. The molecule has 1 aromatic heterocycles. The summed E-state index contributed by atoms with van der Waals surface area (Å²) in [4.78, 5) is 27.6. The number of aryl methyl sites for hydroxylation is 1. The minimum absolute atomic E-state index is 0.0381. The molecule has 1 aliphatic heterocycles. The molecule has 3 aromatic rings. The van der Waals surface area contributed by atoms with Crippen molar-refractivity contribution in [3.8, 4) is 5.69 Å². The van der Waals surface area contributed by atoms with Crippen LogP contribution in [0.4, 0.5) is 0 Å². The first kappa shape index (κ1) is 21.8. The van der Waals surface area contributed by atoms with E-state index in [-0.39, 0.29) is 18.2 Å². The molecule has 166 valence electrons. The number of fused-ring (bicyclic) bond motifs is 1. The molecule has 0 N–H and O–H groups in total. The van der Waals surface area contributed by atoms with E-state index < -0.39 is 5.97 Å². The van der Waals surface area contributed by atoms with E-state index in [2.05, 4.69) is 18.9 Å². The molecule has 0 spiro atoms. The van der Waals surface area contributed by atoms with Crippen LogP contribution in [0.3, 0.4) is 0 Å². The molecule has 2 heterocycles. The maximum absolute atomic E-state index is 13.2. The summed E-state index contributed by atoms with van der Waals surface area (Å²) < 4.78 is 7.08. The van der Waals surface area contributed by atoms with Gasteiger partial charge in [0.1, 0.15) is 0 Å². The van der Waals surface area contributed by atoms with Gasteiger partial charge in [0.25, 0.3) is 5.91 Å². The van der Waals surface area contributed by atoms with Crippen molar-refractivity contribution in [1.29, 1.82) is 0 Å². The normalized spacial score (nSPS) is 13.2. The van der Waals surface area contributed by atoms with E-state index in [4.69, 9.17) is 4.74 Å². The van der Waals surface area contributed by atoms with Gasteiger partial charge in [-0.2, -0.15) is 5.10 Å². The number of carbonyl (C=O) groups excluding carboxylic acids is 2. The van der Waals surface area contributed by atoms with Crippen LogP contribution in [0.5, 0.6) is 0 Å². The predicted molar refractivity (Wildman–Crippen MR) is 123 cm³/mol. The summed E-state index contributed by atoms with van der Waals surface area (Å²) in [5, 5.41) is 4.61. The molecule has 6 heteroatoms. The van der Waals surface area contributed by atoms with Crippen molar-refractivity contribution >= 4 is 11.9 Å². The molecule has 0 bridgehead atoms. The minimum atomic E-state index is -0.454. The summed E-state index contributed by atoms with van der Waals surface area (Å²) in [6, 6.07) is 15.8. The van der Waals surface area contributed by atoms with Gasteiger partial charge in [-0.3, -0.25) is 4.79 Å².